The molecule has 0 nitrogen and oxygen atoms in total. The van der Waals surface area contributed by atoms with Crippen LogP contribution in [0.5, 0.6) is 0 Å². The monoisotopic (exact) mass is 354 g/mol. The van der Waals surface area contributed by atoms with Crippen molar-refractivity contribution in [2.75, 3.05) is 0 Å². The molecule has 0 radical (unpaired) electrons. The van der Waals surface area contributed by atoms with E-state index < -0.39 is 0 Å². The summed E-state index contributed by atoms with van der Waals surface area (Å²) in [7, 11) is 0. The zero-order valence-electron chi connectivity index (χ0n) is 9.45. The summed E-state index contributed by atoms with van der Waals surface area (Å²) in [6.45, 7) is 0. The third-order valence-electron chi connectivity index (χ3n) is 2.13. The fourth-order valence-electron chi connectivity index (χ4n) is 1.33. The predicted molar refractivity (Wildman–Crippen MR) is 77.6 cm³/mol. The molecule has 2 rings (SSSR count). The second-order valence-corrected chi connectivity index (χ2v) is 7.78. The molecule has 0 bridgehead atoms. The molecule has 0 N–H and O–H groups in total. The van der Waals surface area contributed by atoms with Crippen LogP contribution in [0.3, 0.4) is 0 Å². The van der Waals surface area contributed by atoms with E-state index in [1.165, 1.54) is 14.2 Å². The molecule has 2 aromatic carbocycles. The van der Waals surface area contributed by atoms with Gasteiger partial charge in [0.25, 0.3) is 0 Å². The molecule has 86 valence electrons. The summed E-state index contributed by atoms with van der Waals surface area (Å²) >= 11 is 1.08. The third kappa shape index (κ3) is 4.93. The maximum absolute atomic E-state index is 2.34. The van der Waals surface area contributed by atoms with E-state index >= 15 is 0 Å². The molecule has 0 atom stereocenters. The van der Waals surface area contributed by atoms with Crippen LogP contribution >= 0.6 is 0 Å². The van der Waals surface area contributed by atoms with Gasteiger partial charge in [-0.3, -0.25) is 0 Å². The van der Waals surface area contributed by atoms with Crippen LogP contribution < -0.4 is 8.92 Å². The Morgan fingerprint density at radius 1 is 0.765 bits per heavy atom. The summed E-state index contributed by atoms with van der Waals surface area (Å²) in [4.78, 5) is 2.34. The number of hydrogen-bond acceptors (Lipinski definition) is 0. The molecule has 0 aliphatic carbocycles. The summed E-state index contributed by atoms with van der Waals surface area (Å²) in [6, 6.07) is 21.4. The number of rotatable bonds is 5. The minimum atomic E-state index is 0.494. The summed E-state index contributed by atoms with van der Waals surface area (Å²) in [5.41, 5.74) is 0. The summed E-state index contributed by atoms with van der Waals surface area (Å²) < 4.78 is 2.93. The van der Waals surface area contributed by atoms with E-state index in [0.29, 0.717) is 29.9 Å². The molecule has 0 fully saturated rings. The van der Waals surface area contributed by atoms with Crippen molar-refractivity contribution in [2.24, 2.45) is 0 Å². The van der Waals surface area contributed by atoms with E-state index in [0.717, 1.165) is 0 Å². The van der Waals surface area contributed by atoms with Crippen molar-refractivity contribution in [1.82, 2.24) is 0 Å². The zero-order chi connectivity index (χ0) is 11.8. The van der Waals surface area contributed by atoms with Crippen LogP contribution in [0.4, 0.5) is 0 Å². The first-order chi connectivity index (χ1) is 8.45. The molecule has 0 saturated heterocycles. The SMILES string of the molecule is C(=C[Se]c1ccccc1)C[Se]c1ccccc1. The van der Waals surface area contributed by atoms with Gasteiger partial charge >= 0.3 is 116 Å². The Kier molecular flexibility index (Phi) is 5.61. The molecular weight excluding hydrogens is 338 g/mol. The van der Waals surface area contributed by atoms with Crippen molar-refractivity contribution in [3.05, 3.63) is 71.7 Å². The molecule has 2 heteroatoms. The van der Waals surface area contributed by atoms with Gasteiger partial charge in [-0.1, -0.05) is 0 Å². The van der Waals surface area contributed by atoms with Gasteiger partial charge in [0, 0.05) is 0 Å². The second kappa shape index (κ2) is 7.53. The summed E-state index contributed by atoms with van der Waals surface area (Å²) in [5, 5.41) is 1.20. The van der Waals surface area contributed by atoms with Crippen LogP contribution in [-0.2, 0) is 0 Å². The molecule has 0 heterocycles. The molecule has 17 heavy (non-hydrogen) atoms. The Balaban J connectivity index is 1.72. The first kappa shape index (κ1) is 12.7. The fraction of sp³-hybridized carbons (Fsp3) is 0.0667. The summed E-state index contributed by atoms with van der Waals surface area (Å²) in [6.07, 6.45) is 2.33. The van der Waals surface area contributed by atoms with Crippen molar-refractivity contribution in [2.45, 2.75) is 5.32 Å². The average Bonchev–Trinajstić information content (AvgIpc) is 2.41. The van der Waals surface area contributed by atoms with Crippen molar-refractivity contribution in [3.8, 4) is 0 Å². The van der Waals surface area contributed by atoms with E-state index in [9.17, 15) is 0 Å². The molecule has 2 aromatic rings. The molecule has 0 amide bonds. The zero-order valence-corrected chi connectivity index (χ0v) is 12.9. The van der Waals surface area contributed by atoms with Gasteiger partial charge in [-0.25, -0.2) is 0 Å². The Labute approximate surface area is 115 Å². The van der Waals surface area contributed by atoms with Crippen molar-refractivity contribution < 1.29 is 0 Å². The quantitative estimate of drug-likeness (QED) is 0.722. The topological polar surface area (TPSA) is 0 Å². The Bertz CT molecular complexity index is 449. The molecule has 0 aliphatic heterocycles. The van der Waals surface area contributed by atoms with Gasteiger partial charge in [0.2, 0.25) is 0 Å². The van der Waals surface area contributed by atoms with Gasteiger partial charge < -0.3 is 0 Å². The van der Waals surface area contributed by atoms with E-state index in [1.54, 1.807) is 0 Å². The molecule has 0 aromatic heterocycles. The fourth-order valence-corrected chi connectivity index (χ4v) is 4.88. The number of benzene rings is 2. The van der Waals surface area contributed by atoms with Crippen LogP contribution in [0.15, 0.2) is 71.7 Å². The van der Waals surface area contributed by atoms with E-state index in [-0.39, 0.29) is 0 Å². The van der Waals surface area contributed by atoms with Crippen LogP contribution in [0.25, 0.3) is 0 Å². The standard InChI is InChI=1S/C15H14Se2/c1-3-8-14(9-4-1)16-12-7-13-17-15-10-5-2-6-11-15/h1-12H,13H2. The third-order valence-corrected chi connectivity index (χ3v) is 5.99. The Morgan fingerprint density at radius 2 is 1.35 bits per heavy atom. The van der Waals surface area contributed by atoms with Gasteiger partial charge in [0.1, 0.15) is 0 Å². The van der Waals surface area contributed by atoms with E-state index in [2.05, 4.69) is 71.7 Å². The van der Waals surface area contributed by atoms with E-state index in [1.807, 2.05) is 0 Å². The Hall–Kier alpha value is -0.781. The summed E-state index contributed by atoms with van der Waals surface area (Å²) in [5.74, 6) is 0. The number of allylic oxidation sites excluding steroid dienone is 1. The van der Waals surface area contributed by atoms with Gasteiger partial charge in [-0.15, -0.1) is 0 Å². The maximum atomic E-state index is 2.34. The van der Waals surface area contributed by atoms with Crippen molar-refractivity contribution in [1.29, 1.82) is 0 Å². The molecule has 0 saturated carbocycles. The van der Waals surface area contributed by atoms with Gasteiger partial charge in [0.15, 0.2) is 0 Å². The first-order valence-electron chi connectivity index (χ1n) is 5.50. The van der Waals surface area contributed by atoms with Crippen molar-refractivity contribution >= 4 is 38.8 Å². The predicted octanol–water partition coefficient (Wildman–Crippen LogP) is 1.98. The van der Waals surface area contributed by atoms with Gasteiger partial charge in [0.05, 0.1) is 0 Å². The van der Waals surface area contributed by atoms with Crippen molar-refractivity contribution in [3.63, 3.8) is 0 Å². The molecule has 0 unspecified atom stereocenters. The van der Waals surface area contributed by atoms with Gasteiger partial charge in [-0.2, -0.15) is 0 Å². The molecule has 0 aliphatic rings. The number of hydrogen-bond donors (Lipinski definition) is 0. The molecular formula is C15H14Se2. The van der Waals surface area contributed by atoms with Crippen LogP contribution in [-0.4, -0.2) is 29.9 Å². The molecule has 0 spiro atoms. The van der Waals surface area contributed by atoms with Gasteiger partial charge in [-0.05, 0) is 0 Å². The van der Waals surface area contributed by atoms with Crippen LogP contribution in [0, 0.1) is 0 Å². The van der Waals surface area contributed by atoms with Crippen LogP contribution in [0.1, 0.15) is 0 Å². The minimum absolute atomic E-state index is 0.494. The second-order valence-electron chi connectivity index (χ2n) is 3.43. The first-order valence-corrected chi connectivity index (χ1v) is 9.41. The average molecular weight is 352 g/mol. The Morgan fingerprint density at radius 3 is 2.00 bits per heavy atom. The van der Waals surface area contributed by atoms with E-state index in [4.69, 9.17) is 0 Å². The van der Waals surface area contributed by atoms with Crippen LogP contribution in [0.2, 0.25) is 5.32 Å². The normalized spacial score (nSPS) is 10.8.